The number of aryl methyl sites for hydroxylation is 2. The van der Waals surface area contributed by atoms with Crippen molar-refractivity contribution in [1.29, 1.82) is 0 Å². The highest BCUT2D eigenvalue weighted by molar-refractivity contribution is 7.98. The highest BCUT2D eigenvalue weighted by Crippen LogP contribution is 2.24. The predicted molar refractivity (Wildman–Crippen MR) is 85.0 cm³/mol. The van der Waals surface area contributed by atoms with Crippen LogP contribution in [-0.4, -0.2) is 9.97 Å². The maximum atomic E-state index is 4.64. The Hall–Kier alpha value is -1.87. The topological polar surface area (TPSA) is 25.8 Å². The molecule has 0 atom stereocenters. The SMILES string of the molecule is Cc1ccc2nc(SCc3ccccc3)nc(C)c2c1. The van der Waals surface area contributed by atoms with Crippen LogP contribution >= 0.6 is 11.8 Å². The molecule has 1 heterocycles. The number of rotatable bonds is 3. The van der Waals surface area contributed by atoms with Crippen molar-refractivity contribution in [2.75, 3.05) is 0 Å². The van der Waals surface area contributed by atoms with E-state index >= 15 is 0 Å². The molecule has 0 fully saturated rings. The molecule has 0 amide bonds. The Bertz CT molecular complexity index is 739. The van der Waals surface area contributed by atoms with Crippen molar-refractivity contribution in [2.24, 2.45) is 0 Å². The van der Waals surface area contributed by atoms with Crippen molar-refractivity contribution < 1.29 is 0 Å². The Balaban J connectivity index is 1.87. The van der Waals surface area contributed by atoms with Crippen LogP contribution < -0.4 is 0 Å². The van der Waals surface area contributed by atoms with Gasteiger partial charge >= 0.3 is 0 Å². The fourth-order valence-electron chi connectivity index (χ4n) is 2.16. The molecule has 0 spiro atoms. The maximum absolute atomic E-state index is 4.64. The third kappa shape index (κ3) is 2.83. The van der Waals surface area contributed by atoms with Crippen molar-refractivity contribution in [2.45, 2.75) is 24.8 Å². The lowest BCUT2D eigenvalue weighted by Gasteiger charge is -2.06. The number of thioether (sulfide) groups is 1. The summed E-state index contributed by atoms with van der Waals surface area (Å²) in [5.74, 6) is 0.900. The summed E-state index contributed by atoms with van der Waals surface area (Å²) < 4.78 is 0. The van der Waals surface area contributed by atoms with Gasteiger partial charge in [-0.2, -0.15) is 0 Å². The number of hydrogen-bond donors (Lipinski definition) is 0. The first-order valence-corrected chi connectivity index (χ1v) is 7.63. The Morgan fingerprint density at radius 1 is 0.950 bits per heavy atom. The molecule has 2 nitrogen and oxygen atoms in total. The summed E-state index contributed by atoms with van der Waals surface area (Å²) in [5.41, 5.74) is 4.62. The molecular formula is C17H16N2S. The highest BCUT2D eigenvalue weighted by Gasteiger charge is 2.05. The van der Waals surface area contributed by atoms with Crippen molar-refractivity contribution in [1.82, 2.24) is 9.97 Å². The number of hydrogen-bond acceptors (Lipinski definition) is 3. The Kier molecular flexibility index (Phi) is 3.70. The smallest absolute Gasteiger partial charge is 0.188 e. The van der Waals surface area contributed by atoms with Crippen molar-refractivity contribution >= 4 is 22.7 Å². The predicted octanol–water partition coefficient (Wildman–Crippen LogP) is 4.54. The van der Waals surface area contributed by atoms with E-state index in [0.717, 1.165) is 27.5 Å². The maximum Gasteiger partial charge on any atom is 0.188 e. The van der Waals surface area contributed by atoms with E-state index in [4.69, 9.17) is 0 Å². The van der Waals surface area contributed by atoms with Gasteiger partial charge < -0.3 is 0 Å². The van der Waals surface area contributed by atoms with E-state index in [0.29, 0.717) is 0 Å². The molecule has 3 heteroatoms. The normalized spacial score (nSPS) is 10.9. The lowest BCUT2D eigenvalue weighted by molar-refractivity contribution is 0.968. The largest absolute Gasteiger partial charge is 0.227 e. The zero-order chi connectivity index (χ0) is 13.9. The molecule has 0 bridgehead atoms. The number of benzene rings is 2. The summed E-state index contributed by atoms with van der Waals surface area (Å²) >= 11 is 1.68. The standard InChI is InChI=1S/C17H16N2S/c1-12-8-9-16-15(10-12)13(2)18-17(19-16)20-11-14-6-4-3-5-7-14/h3-10H,11H2,1-2H3. The quantitative estimate of drug-likeness (QED) is 0.520. The van der Waals surface area contributed by atoms with E-state index in [1.165, 1.54) is 11.1 Å². The lowest BCUT2D eigenvalue weighted by Crippen LogP contribution is -1.93. The van der Waals surface area contributed by atoms with Crippen molar-refractivity contribution in [3.05, 3.63) is 65.4 Å². The van der Waals surface area contributed by atoms with Crippen LogP contribution in [0.5, 0.6) is 0 Å². The van der Waals surface area contributed by atoms with Gasteiger partial charge in [-0.1, -0.05) is 53.7 Å². The molecule has 0 N–H and O–H groups in total. The van der Waals surface area contributed by atoms with Gasteiger partial charge in [0.2, 0.25) is 0 Å². The van der Waals surface area contributed by atoms with E-state index in [-0.39, 0.29) is 0 Å². The van der Waals surface area contributed by atoms with E-state index in [9.17, 15) is 0 Å². The molecule has 0 saturated carbocycles. The molecule has 0 saturated heterocycles. The Morgan fingerprint density at radius 2 is 1.75 bits per heavy atom. The molecule has 0 aliphatic heterocycles. The van der Waals surface area contributed by atoms with Gasteiger partial charge in [0.05, 0.1) is 5.52 Å². The summed E-state index contributed by atoms with van der Waals surface area (Å²) in [6.45, 7) is 4.15. The number of aromatic nitrogens is 2. The van der Waals surface area contributed by atoms with Crippen LogP contribution in [0.1, 0.15) is 16.8 Å². The van der Waals surface area contributed by atoms with E-state index in [2.05, 4.69) is 66.3 Å². The zero-order valence-electron chi connectivity index (χ0n) is 11.6. The number of fused-ring (bicyclic) bond motifs is 1. The average Bonchev–Trinajstić information content (AvgIpc) is 2.47. The summed E-state index contributed by atoms with van der Waals surface area (Å²) in [4.78, 5) is 9.25. The highest BCUT2D eigenvalue weighted by atomic mass is 32.2. The molecule has 100 valence electrons. The zero-order valence-corrected chi connectivity index (χ0v) is 12.4. The molecule has 0 unspecified atom stereocenters. The molecular weight excluding hydrogens is 264 g/mol. The molecule has 1 aromatic heterocycles. The number of nitrogens with zero attached hydrogens (tertiary/aromatic N) is 2. The minimum absolute atomic E-state index is 0.850. The van der Waals surface area contributed by atoms with Gasteiger partial charge in [0, 0.05) is 16.8 Å². The average molecular weight is 280 g/mol. The van der Waals surface area contributed by atoms with Gasteiger partial charge in [0.1, 0.15) is 0 Å². The van der Waals surface area contributed by atoms with Gasteiger partial charge in [-0.3, -0.25) is 0 Å². The third-order valence-electron chi connectivity index (χ3n) is 3.23. The van der Waals surface area contributed by atoms with Crippen LogP contribution in [-0.2, 0) is 5.75 Å². The van der Waals surface area contributed by atoms with Crippen LogP contribution in [0.3, 0.4) is 0 Å². The second kappa shape index (κ2) is 5.63. The summed E-state index contributed by atoms with van der Waals surface area (Å²) in [6.07, 6.45) is 0. The van der Waals surface area contributed by atoms with E-state index < -0.39 is 0 Å². The third-order valence-corrected chi connectivity index (χ3v) is 4.15. The summed E-state index contributed by atoms with van der Waals surface area (Å²) in [5, 5.41) is 2.00. The van der Waals surface area contributed by atoms with Crippen LogP contribution in [0.15, 0.2) is 53.7 Å². The Labute approximate surface area is 123 Å². The molecule has 0 radical (unpaired) electrons. The summed E-state index contributed by atoms with van der Waals surface area (Å²) in [6, 6.07) is 16.7. The lowest BCUT2D eigenvalue weighted by atomic mass is 10.1. The Morgan fingerprint density at radius 3 is 2.55 bits per heavy atom. The fourth-order valence-corrected chi connectivity index (χ4v) is 3.01. The van der Waals surface area contributed by atoms with E-state index in [1.54, 1.807) is 11.8 Å². The molecule has 3 aromatic rings. The van der Waals surface area contributed by atoms with Crippen LogP contribution in [0, 0.1) is 13.8 Å². The van der Waals surface area contributed by atoms with Crippen LogP contribution in [0.4, 0.5) is 0 Å². The molecule has 0 aliphatic carbocycles. The van der Waals surface area contributed by atoms with Crippen molar-refractivity contribution in [3.63, 3.8) is 0 Å². The second-order valence-corrected chi connectivity index (χ2v) is 5.83. The summed E-state index contributed by atoms with van der Waals surface area (Å²) in [7, 11) is 0. The van der Waals surface area contributed by atoms with Gasteiger partial charge in [0.25, 0.3) is 0 Å². The first-order valence-electron chi connectivity index (χ1n) is 6.64. The molecule has 0 aliphatic rings. The van der Waals surface area contributed by atoms with E-state index in [1.807, 2.05) is 6.07 Å². The van der Waals surface area contributed by atoms with Gasteiger partial charge in [-0.25, -0.2) is 9.97 Å². The van der Waals surface area contributed by atoms with Crippen molar-refractivity contribution in [3.8, 4) is 0 Å². The van der Waals surface area contributed by atoms with Crippen LogP contribution in [0.25, 0.3) is 10.9 Å². The second-order valence-electron chi connectivity index (χ2n) is 4.89. The minimum atomic E-state index is 0.850. The van der Waals surface area contributed by atoms with Crippen LogP contribution in [0.2, 0.25) is 0 Å². The first kappa shape index (κ1) is 13.1. The molecule has 20 heavy (non-hydrogen) atoms. The first-order chi connectivity index (χ1) is 9.72. The minimum Gasteiger partial charge on any atom is -0.227 e. The molecule has 3 rings (SSSR count). The fraction of sp³-hybridized carbons (Fsp3) is 0.176. The molecule has 2 aromatic carbocycles. The van der Waals surface area contributed by atoms with Gasteiger partial charge in [-0.05, 0) is 31.5 Å². The monoisotopic (exact) mass is 280 g/mol. The van der Waals surface area contributed by atoms with Gasteiger partial charge in [-0.15, -0.1) is 0 Å². The van der Waals surface area contributed by atoms with Gasteiger partial charge in [0.15, 0.2) is 5.16 Å².